The molecule has 32 heavy (non-hydrogen) atoms. The molecule has 1 unspecified atom stereocenters. The van der Waals surface area contributed by atoms with E-state index in [1.54, 1.807) is 26.0 Å². The largest absolute Gasteiger partial charge is 0.492 e. The van der Waals surface area contributed by atoms with Crippen molar-refractivity contribution in [3.05, 3.63) is 83.1 Å². The SMILES string of the molecule is CCOC(=O)c1cc(OC2C=CC(c3ccccc3)=C(OC)C2=O)cc(C(=O)OCC)c1. The first kappa shape index (κ1) is 22.8. The van der Waals surface area contributed by atoms with Gasteiger partial charge in [-0.1, -0.05) is 36.4 Å². The second kappa shape index (κ2) is 10.4. The highest BCUT2D eigenvalue weighted by molar-refractivity contribution is 6.08. The molecule has 2 aromatic carbocycles. The Morgan fingerprint density at radius 2 is 1.50 bits per heavy atom. The Morgan fingerprint density at radius 1 is 0.906 bits per heavy atom. The molecule has 0 heterocycles. The van der Waals surface area contributed by atoms with Gasteiger partial charge in [0.1, 0.15) is 5.75 Å². The number of esters is 2. The molecule has 1 aliphatic carbocycles. The van der Waals surface area contributed by atoms with Crippen LogP contribution in [-0.2, 0) is 19.0 Å². The summed E-state index contributed by atoms with van der Waals surface area (Å²) in [6, 6.07) is 13.6. The summed E-state index contributed by atoms with van der Waals surface area (Å²) in [5, 5.41) is 0. The molecule has 0 aromatic heterocycles. The molecule has 7 heteroatoms. The predicted molar refractivity (Wildman–Crippen MR) is 117 cm³/mol. The zero-order chi connectivity index (χ0) is 23.1. The molecule has 0 radical (unpaired) electrons. The zero-order valence-electron chi connectivity index (χ0n) is 18.1. The van der Waals surface area contributed by atoms with Crippen molar-refractivity contribution >= 4 is 23.3 Å². The minimum absolute atomic E-state index is 0.118. The maximum atomic E-state index is 13.0. The number of ether oxygens (including phenoxy) is 4. The highest BCUT2D eigenvalue weighted by atomic mass is 16.5. The van der Waals surface area contributed by atoms with Crippen LogP contribution in [0.4, 0.5) is 0 Å². The van der Waals surface area contributed by atoms with Gasteiger partial charge in [-0.15, -0.1) is 0 Å². The number of hydrogen-bond donors (Lipinski definition) is 0. The Kier molecular flexibility index (Phi) is 7.44. The molecule has 7 nitrogen and oxygen atoms in total. The zero-order valence-corrected chi connectivity index (χ0v) is 18.1. The van der Waals surface area contributed by atoms with Crippen molar-refractivity contribution < 1.29 is 33.3 Å². The average Bonchev–Trinajstić information content (AvgIpc) is 2.81. The summed E-state index contributed by atoms with van der Waals surface area (Å²) in [7, 11) is 1.42. The van der Waals surface area contributed by atoms with Crippen LogP contribution in [-0.4, -0.2) is 44.1 Å². The van der Waals surface area contributed by atoms with Gasteiger partial charge in [-0.2, -0.15) is 0 Å². The summed E-state index contributed by atoms with van der Waals surface area (Å²) < 4.78 is 21.3. The summed E-state index contributed by atoms with van der Waals surface area (Å²) in [5.41, 5.74) is 1.71. The smallest absolute Gasteiger partial charge is 0.338 e. The molecule has 0 bridgehead atoms. The summed E-state index contributed by atoms with van der Waals surface area (Å²) in [6.45, 7) is 3.71. The lowest BCUT2D eigenvalue weighted by molar-refractivity contribution is -0.123. The highest BCUT2D eigenvalue weighted by Crippen LogP contribution is 2.29. The van der Waals surface area contributed by atoms with Crippen molar-refractivity contribution in [2.75, 3.05) is 20.3 Å². The Bertz CT molecular complexity index is 1030. The standard InChI is InChI=1S/C25H24O7/c1-4-30-24(27)17-13-18(25(28)31-5-2)15-19(14-17)32-21-12-11-20(23(29-3)22(21)26)16-9-7-6-8-10-16/h6-15,21H,4-5H2,1-3H3. The number of carbonyl (C=O) groups is 3. The number of ketones is 1. The molecule has 0 amide bonds. The van der Waals surface area contributed by atoms with Gasteiger partial charge in [-0.25, -0.2) is 9.59 Å². The van der Waals surface area contributed by atoms with Gasteiger partial charge >= 0.3 is 11.9 Å². The van der Waals surface area contributed by atoms with Crippen molar-refractivity contribution in [3.8, 4) is 5.75 Å². The maximum absolute atomic E-state index is 13.0. The van der Waals surface area contributed by atoms with Crippen LogP contribution in [0, 0.1) is 0 Å². The van der Waals surface area contributed by atoms with E-state index < -0.39 is 18.0 Å². The van der Waals surface area contributed by atoms with Crippen LogP contribution < -0.4 is 4.74 Å². The van der Waals surface area contributed by atoms with Crippen molar-refractivity contribution in [3.63, 3.8) is 0 Å². The van der Waals surface area contributed by atoms with Crippen molar-refractivity contribution in [2.24, 2.45) is 0 Å². The van der Waals surface area contributed by atoms with E-state index >= 15 is 0 Å². The first-order valence-electron chi connectivity index (χ1n) is 10.2. The normalized spacial score (nSPS) is 15.3. The van der Waals surface area contributed by atoms with E-state index in [9.17, 15) is 14.4 Å². The fourth-order valence-electron chi connectivity index (χ4n) is 3.24. The van der Waals surface area contributed by atoms with E-state index in [2.05, 4.69) is 0 Å². The number of rotatable bonds is 8. The molecule has 0 spiro atoms. The fourth-order valence-corrected chi connectivity index (χ4v) is 3.24. The van der Waals surface area contributed by atoms with Crippen molar-refractivity contribution in [1.29, 1.82) is 0 Å². The molecule has 0 N–H and O–H groups in total. The van der Waals surface area contributed by atoms with E-state index in [0.717, 1.165) is 5.56 Å². The molecular formula is C25H24O7. The fraction of sp³-hybridized carbons (Fsp3) is 0.240. The van der Waals surface area contributed by atoms with Gasteiger partial charge in [-0.3, -0.25) is 4.79 Å². The van der Waals surface area contributed by atoms with Crippen molar-refractivity contribution in [1.82, 2.24) is 0 Å². The number of Topliss-reactive ketones (excluding diaryl/α,β-unsaturated/α-hetero) is 1. The number of benzene rings is 2. The number of allylic oxidation sites excluding steroid dienone is 2. The Balaban J connectivity index is 1.92. The first-order valence-corrected chi connectivity index (χ1v) is 10.2. The molecule has 166 valence electrons. The lowest BCUT2D eigenvalue weighted by Gasteiger charge is -2.22. The quantitative estimate of drug-likeness (QED) is 0.578. The summed E-state index contributed by atoms with van der Waals surface area (Å²) >= 11 is 0. The third-order valence-electron chi connectivity index (χ3n) is 4.65. The summed E-state index contributed by atoms with van der Waals surface area (Å²) in [5.74, 6) is -1.29. The minimum Gasteiger partial charge on any atom is -0.492 e. The lowest BCUT2D eigenvalue weighted by Crippen LogP contribution is -2.30. The average molecular weight is 436 g/mol. The van der Waals surface area contributed by atoms with E-state index in [-0.39, 0.29) is 41.6 Å². The van der Waals surface area contributed by atoms with Crippen LogP contribution in [0.15, 0.2) is 66.4 Å². The molecule has 0 saturated heterocycles. The monoisotopic (exact) mass is 436 g/mol. The first-order chi connectivity index (χ1) is 15.5. The Labute approximate surface area is 186 Å². The third kappa shape index (κ3) is 5.06. The molecule has 0 fully saturated rings. The van der Waals surface area contributed by atoms with E-state index in [4.69, 9.17) is 18.9 Å². The van der Waals surface area contributed by atoms with Gasteiger partial charge in [-0.05, 0) is 43.7 Å². The number of hydrogen-bond acceptors (Lipinski definition) is 7. The molecule has 1 aliphatic rings. The molecule has 3 rings (SSSR count). The third-order valence-corrected chi connectivity index (χ3v) is 4.65. The minimum atomic E-state index is -0.995. The summed E-state index contributed by atoms with van der Waals surface area (Å²) in [4.78, 5) is 37.5. The lowest BCUT2D eigenvalue weighted by atomic mass is 9.95. The number of carbonyl (C=O) groups excluding carboxylic acids is 3. The molecular weight excluding hydrogens is 412 g/mol. The molecule has 2 aromatic rings. The van der Waals surface area contributed by atoms with E-state index in [1.165, 1.54) is 25.3 Å². The van der Waals surface area contributed by atoms with Gasteiger partial charge in [0.2, 0.25) is 5.78 Å². The van der Waals surface area contributed by atoms with E-state index in [1.807, 2.05) is 30.3 Å². The van der Waals surface area contributed by atoms with Crippen molar-refractivity contribution in [2.45, 2.75) is 20.0 Å². The Hall–Kier alpha value is -3.87. The molecule has 0 saturated carbocycles. The highest BCUT2D eigenvalue weighted by Gasteiger charge is 2.30. The molecule has 1 atom stereocenters. The van der Waals surface area contributed by atoms with E-state index in [0.29, 0.717) is 5.57 Å². The van der Waals surface area contributed by atoms with Crippen LogP contribution >= 0.6 is 0 Å². The van der Waals surface area contributed by atoms with Gasteiger partial charge in [0, 0.05) is 5.57 Å². The van der Waals surface area contributed by atoms with Gasteiger partial charge < -0.3 is 18.9 Å². The van der Waals surface area contributed by atoms with Gasteiger partial charge in [0.25, 0.3) is 0 Å². The second-order valence-electron chi connectivity index (χ2n) is 6.76. The topological polar surface area (TPSA) is 88.1 Å². The summed E-state index contributed by atoms with van der Waals surface area (Å²) in [6.07, 6.45) is 2.36. The van der Waals surface area contributed by atoms with Gasteiger partial charge in [0.15, 0.2) is 11.9 Å². The second-order valence-corrected chi connectivity index (χ2v) is 6.76. The van der Waals surface area contributed by atoms with Crippen LogP contribution in [0.2, 0.25) is 0 Å². The molecule has 0 aliphatic heterocycles. The van der Waals surface area contributed by atoms with Crippen LogP contribution in [0.1, 0.15) is 40.1 Å². The van der Waals surface area contributed by atoms with Crippen LogP contribution in [0.3, 0.4) is 0 Å². The number of methoxy groups -OCH3 is 1. The van der Waals surface area contributed by atoms with Gasteiger partial charge in [0.05, 0.1) is 31.5 Å². The predicted octanol–water partition coefficient (Wildman–Crippen LogP) is 3.98. The van der Waals surface area contributed by atoms with Crippen LogP contribution in [0.25, 0.3) is 5.57 Å². The van der Waals surface area contributed by atoms with Crippen LogP contribution in [0.5, 0.6) is 5.75 Å². The Morgan fingerprint density at radius 3 is 2.03 bits per heavy atom. The maximum Gasteiger partial charge on any atom is 0.338 e.